The zero-order chi connectivity index (χ0) is 18.5. The summed E-state index contributed by atoms with van der Waals surface area (Å²) >= 11 is 0. The van der Waals surface area contributed by atoms with E-state index < -0.39 is 0 Å². The summed E-state index contributed by atoms with van der Waals surface area (Å²) in [7, 11) is 0. The fourth-order valence-electron chi connectivity index (χ4n) is 2.45. The van der Waals surface area contributed by atoms with Crippen molar-refractivity contribution in [2.24, 2.45) is 0 Å². The number of rotatable bonds is 4. The molecule has 0 saturated carbocycles. The highest BCUT2D eigenvalue weighted by Crippen LogP contribution is 2.18. The first-order valence-electron chi connectivity index (χ1n) is 8.03. The fourth-order valence-corrected chi connectivity index (χ4v) is 2.45. The van der Waals surface area contributed by atoms with Gasteiger partial charge in [-0.15, -0.1) is 0 Å². The molecule has 0 saturated heterocycles. The first kappa shape index (κ1) is 17.1. The number of nitrogens with zero attached hydrogens (tertiary/aromatic N) is 3. The van der Waals surface area contributed by atoms with Crippen molar-refractivity contribution in [3.63, 3.8) is 0 Å². The van der Waals surface area contributed by atoms with Crippen LogP contribution in [0.1, 0.15) is 27.0 Å². The zero-order valence-corrected chi connectivity index (χ0v) is 14.4. The molecule has 1 amide bonds. The van der Waals surface area contributed by atoms with Crippen LogP contribution in [0.4, 0.5) is 17.3 Å². The first-order chi connectivity index (χ1) is 12.5. The Hall–Kier alpha value is -3.72. The lowest BCUT2D eigenvalue weighted by Crippen LogP contribution is -2.14. The molecule has 0 spiro atoms. The van der Waals surface area contributed by atoms with Crippen LogP contribution in [0.15, 0.2) is 54.9 Å². The molecule has 0 bridgehead atoms. The van der Waals surface area contributed by atoms with Crippen molar-refractivity contribution in [3.8, 4) is 6.07 Å². The van der Waals surface area contributed by atoms with E-state index in [0.29, 0.717) is 22.8 Å². The molecule has 1 heterocycles. The summed E-state index contributed by atoms with van der Waals surface area (Å²) in [5.41, 5.74) is 4.50. The van der Waals surface area contributed by atoms with Gasteiger partial charge in [0.15, 0.2) is 0 Å². The Morgan fingerprint density at radius 1 is 1.08 bits per heavy atom. The summed E-state index contributed by atoms with van der Waals surface area (Å²) < 4.78 is 0. The van der Waals surface area contributed by atoms with Crippen molar-refractivity contribution in [2.75, 3.05) is 10.6 Å². The molecule has 128 valence electrons. The van der Waals surface area contributed by atoms with Crippen LogP contribution >= 0.6 is 0 Å². The van der Waals surface area contributed by atoms with Gasteiger partial charge in [-0.25, -0.2) is 9.97 Å². The summed E-state index contributed by atoms with van der Waals surface area (Å²) in [4.78, 5) is 20.7. The predicted octanol–water partition coefficient (Wildman–Crippen LogP) is 3.96. The Kier molecular flexibility index (Phi) is 4.90. The van der Waals surface area contributed by atoms with Crippen LogP contribution in [0.2, 0.25) is 0 Å². The topological polar surface area (TPSA) is 90.7 Å². The predicted molar refractivity (Wildman–Crippen MR) is 100 cm³/mol. The number of aromatic nitrogens is 2. The van der Waals surface area contributed by atoms with Crippen molar-refractivity contribution < 1.29 is 4.79 Å². The summed E-state index contributed by atoms with van der Waals surface area (Å²) in [5.74, 6) is 0.0816. The Balaban J connectivity index is 1.70. The molecule has 0 aliphatic carbocycles. The van der Waals surface area contributed by atoms with Gasteiger partial charge in [-0.2, -0.15) is 5.26 Å². The van der Waals surface area contributed by atoms with E-state index in [-0.39, 0.29) is 5.91 Å². The van der Waals surface area contributed by atoms with Crippen LogP contribution in [0.25, 0.3) is 0 Å². The quantitative estimate of drug-likeness (QED) is 0.748. The van der Waals surface area contributed by atoms with Gasteiger partial charge in [0.25, 0.3) is 5.91 Å². The molecule has 1 aromatic heterocycles. The number of amides is 1. The average Bonchev–Trinajstić information content (AvgIpc) is 2.64. The van der Waals surface area contributed by atoms with Gasteiger partial charge in [-0.05, 0) is 43.7 Å². The maximum Gasteiger partial charge on any atom is 0.258 e. The fraction of sp³-hybridized carbons (Fsp3) is 0.100. The minimum atomic E-state index is -0.269. The van der Waals surface area contributed by atoms with Gasteiger partial charge in [0.2, 0.25) is 5.95 Å². The second-order valence-corrected chi connectivity index (χ2v) is 5.89. The van der Waals surface area contributed by atoms with Crippen molar-refractivity contribution >= 4 is 23.2 Å². The van der Waals surface area contributed by atoms with Crippen LogP contribution in [0.5, 0.6) is 0 Å². The third-order valence-corrected chi connectivity index (χ3v) is 3.79. The Labute approximate surface area is 151 Å². The van der Waals surface area contributed by atoms with Crippen molar-refractivity contribution in [1.29, 1.82) is 5.26 Å². The first-order valence-corrected chi connectivity index (χ1v) is 8.03. The number of nitrogens with one attached hydrogen (secondary N) is 2. The van der Waals surface area contributed by atoms with Crippen LogP contribution in [0, 0.1) is 25.2 Å². The van der Waals surface area contributed by atoms with Crippen molar-refractivity contribution in [1.82, 2.24) is 9.97 Å². The monoisotopic (exact) mass is 343 g/mol. The summed E-state index contributed by atoms with van der Waals surface area (Å²) in [6.07, 6.45) is 2.92. The van der Waals surface area contributed by atoms with Gasteiger partial charge in [-0.1, -0.05) is 23.8 Å². The second kappa shape index (κ2) is 7.45. The molecule has 0 unspecified atom stereocenters. The van der Waals surface area contributed by atoms with E-state index in [1.807, 2.05) is 38.1 Å². The smallest absolute Gasteiger partial charge is 0.258 e. The highest BCUT2D eigenvalue weighted by Gasteiger charge is 2.09. The van der Waals surface area contributed by atoms with E-state index in [2.05, 4.69) is 26.7 Å². The molecule has 0 aliphatic heterocycles. The molecule has 3 rings (SSSR count). The van der Waals surface area contributed by atoms with Crippen LogP contribution in [0.3, 0.4) is 0 Å². The van der Waals surface area contributed by atoms with E-state index in [9.17, 15) is 4.79 Å². The number of aryl methyl sites for hydroxylation is 2. The molecule has 0 radical (unpaired) electrons. The number of hydrogen-bond acceptors (Lipinski definition) is 5. The van der Waals surface area contributed by atoms with Gasteiger partial charge >= 0.3 is 0 Å². The maximum absolute atomic E-state index is 12.4. The highest BCUT2D eigenvalue weighted by atomic mass is 16.1. The highest BCUT2D eigenvalue weighted by molar-refractivity contribution is 6.04. The molecule has 2 N–H and O–H groups in total. The maximum atomic E-state index is 12.4. The molecular formula is C20H17N5O. The Bertz CT molecular complexity index is 990. The molecule has 2 aromatic carbocycles. The van der Waals surface area contributed by atoms with E-state index >= 15 is 0 Å². The lowest BCUT2D eigenvalue weighted by molar-refractivity contribution is 0.102. The van der Waals surface area contributed by atoms with Gasteiger partial charge in [0, 0.05) is 23.8 Å². The summed E-state index contributed by atoms with van der Waals surface area (Å²) in [6.45, 7) is 3.95. The molecule has 6 nitrogen and oxygen atoms in total. The van der Waals surface area contributed by atoms with E-state index in [1.54, 1.807) is 18.2 Å². The third-order valence-electron chi connectivity index (χ3n) is 3.79. The number of anilines is 3. The number of nitriles is 1. The van der Waals surface area contributed by atoms with E-state index in [1.165, 1.54) is 12.4 Å². The lowest BCUT2D eigenvalue weighted by Gasteiger charge is -2.09. The molecule has 3 aromatic rings. The standard InChI is InChI=1S/C20H17N5O/c1-13-6-7-18(14(2)8-13)25-19(26)16-11-22-20(23-12-16)24-17-5-3-4-15(9-17)10-21/h3-9,11-12H,1-2H3,(H,25,26)(H,22,23,24). The largest absolute Gasteiger partial charge is 0.324 e. The number of benzene rings is 2. The van der Waals surface area contributed by atoms with E-state index in [4.69, 9.17) is 5.26 Å². The third kappa shape index (κ3) is 4.02. The molecule has 0 atom stereocenters. The number of hydrogen-bond donors (Lipinski definition) is 2. The molecule has 0 fully saturated rings. The zero-order valence-electron chi connectivity index (χ0n) is 14.4. The van der Waals surface area contributed by atoms with Crippen LogP contribution < -0.4 is 10.6 Å². The van der Waals surface area contributed by atoms with Gasteiger partial charge in [0.05, 0.1) is 17.2 Å². The normalized spacial score (nSPS) is 10.0. The Morgan fingerprint density at radius 2 is 1.85 bits per heavy atom. The van der Waals surface area contributed by atoms with Crippen LogP contribution in [-0.2, 0) is 0 Å². The molecule has 0 aliphatic rings. The average molecular weight is 343 g/mol. The minimum Gasteiger partial charge on any atom is -0.324 e. The van der Waals surface area contributed by atoms with Gasteiger partial charge in [-0.3, -0.25) is 4.79 Å². The number of carbonyl (C=O) groups excluding carboxylic acids is 1. The van der Waals surface area contributed by atoms with Gasteiger partial charge in [0.1, 0.15) is 0 Å². The van der Waals surface area contributed by atoms with E-state index in [0.717, 1.165) is 16.8 Å². The number of carbonyl (C=O) groups is 1. The Morgan fingerprint density at radius 3 is 2.54 bits per heavy atom. The second-order valence-electron chi connectivity index (χ2n) is 5.89. The lowest BCUT2D eigenvalue weighted by atomic mass is 10.1. The molecule has 26 heavy (non-hydrogen) atoms. The molecular weight excluding hydrogens is 326 g/mol. The minimum absolute atomic E-state index is 0.269. The van der Waals surface area contributed by atoms with Crippen LogP contribution in [-0.4, -0.2) is 15.9 Å². The molecule has 6 heteroatoms. The van der Waals surface area contributed by atoms with Crippen molar-refractivity contribution in [2.45, 2.75) is 13.8 Å². The SMILES string of the molecule is Cc1ccc(NC(=O)c2cnc(Nc3cccc(C#N)c3)nc2)c(C)c1. The summed E-state index contributed by atoms with van der Waals surface area (Å²) in [6, 6.07) is 14.9. The van der Waals surface area contributed by atoms with Crippen molar-refractivity contribution in [3.05, 3.63) is 77.1 Å². The van der Waals surface area contributed by atoms with Gasteiger partial charge < -0.3 is 10.6 Å². The summed E-state index contributed by atoms with van der Waals surface area (Å²) in [5, 5.41) is 14.8.